The minimum absolute atomic E-state index is 0.00236. The molecule has 0 aromatic rings. The van der Waals surface area contributed by atoms with Crippen molar-refractivity contribution in [2.24, 2.45) is 29.6 Å². The van der Waals surface area contributed by atoms with E-state index in [-0.39, 0.29) is 42.2 Å². The lowest BCUT2D eigenvalue weighted by molar-refractivity contribution is -0.163. The Morgan fingerprint density at radius 2 is 1.82 bits per heavy atom. The minimum atomic E-state index is -0.895. The third-order valence-electron chi connectivity index (χ3n) is 10.3. The number of nitrogens with one attached hydrogen (secondary N) is 1. The van der Waals surface area contributed by atoms with Gasteiger partial charge >= 0.3 is 0 Å². The molecule has 2 heterocycles. The molecule has 2 aliphatic heterocycles. The summed E-state index contributed by atoms with van der Waals surface area (Å²) in [5.41, 5.74) is 0. The summed E-state index contributed by atoms with van der Waals surface area (Å²) >= 11 is 0. The summed E-state index contributed by atoms with van der Waals surface area (Å²) in [7, 11) is 3.67. The monoisotopic (exact) mass is 549 g/mol. The summed E-state index contributed by atoms with van der Waals surface area (Å²) in [5, 5.41) is 25.2. The number of piperidine rings is 1. The molecule has 2 amide bonds. The first kappa shape index (κ1) is 29.2. The van der Waals surface area contributed by atoms with Crippen LogP contribution in [0.3, 0.4) is 0 Å². The van der Waals surface area contributed by atoms with Gasteiger partial charge < -0.3 is 34.8 Å². The molecule has 0 radical (unpaired) electrons. The van der Waals surface area contributed by atoms with Crippen LogP contribution in [-0.2, 0) is 19.1 Å². The van der Waals surface area contributed by atoms with E-state index in [1.165, 1.54) is 19.3 Å². The van der Waals surface area contributed by atoms with Crippen LogP contribution < -0.4 is 5.32 Å². The molecule has 5 fully saturated rings. The van der Waals surface area contributed by atoms with Crippen LogP contribution in [0.25, 0.3) is 0 Å². The SMILES string of the molecule is CN(C)C(=O)C1CC2CCN(C(=O)C3C(O)CC(O)CC3OCC3CCCCC3)CC2C(N[C@H]2CCOC2)C1. The van der Waals surface area contributed by atoms with Gasteiger partial charge in [-0.05, 0) is 56.3 Å². The third kappa shape index (κ3) is 6.97. The van der Waals surface area contributed by atoms with Crippen molar-refractivity contribution in [1.82, 2.24) is 15.1 Å². The van der Waals surface area contributed by atoms with Crippen LogP contribution in [0.2, 0.25) is 0 Å². The summed E-state index contributed by atoms with van der Waals surface area (Å²) < 4.78 is 12.0. The second kappa shape index (κ2) is 13.1. The Morgan fingerprint density at radius 1 is 1.03 bits per heavy atom. The third-order valence-corrected chi connectivity index (χ3v) is 10.3. The summed E-state index contributed by atoms with van der Waals surface area (Å²) in [6.07, 6.45) is 8.18. The van der Waals surface area contributed by atoms with Crippen molar-refractivity contribution < 1.29 is 29.3 Å². The predicted molar refractivity (Wildman–Crippen MR) is 147 cm³/mol. The van der Waals surface area contributed by atoms with Crippen molar-refractivity contribution in [1.29, 1.82) is 0 Å². The number of carbonyl (C=O) groups is 2. The molecule has 0 spiro atoms. The lowest BCUT2D eigenvalue weighted by Gasteiger charge is -2.49. The van der Waals surface area contributed by atoms with Crippen molar-refractivity contribution >= 4 is 11.8 Å². The number of ether oxygens (including phenoxy) is 2. The van der Waals surface area contributed by atoms with E-state index in [4.69, 9.17) is 9.47 Å². The number of amides is 2. The number of nitrogens with zero attached hydrogens (tertiary/aromatic N) is 2. The molecule has 222 valence electrons. The van der Waals surface area contributed by atoms with E-state index in [2.05, 4.69) is 5.32 Å². The van der Waals surface area contributed by atoms with Crippen LogP contribution in [0.5, 0.6) is 0 Å². The highest BCUT2D eigenvalue weighted by atomic mass is 16.5. The Hall–Kier alpha value is -1.26. The number of rotatable bonds is 7. The van der Waals surface area contributed by atoms with Crippen molar-refractivity contribution in [3.63, 3.8) is 0 Å². The van der Waals surface area contributed by atoms with E-state index in [1.807, 2.05) is 19.0 Å². The standard InChI is InChI=1S/C30H51N3O6/c1-32(2)29(36)21-12-20-8-10-33(16-24(20)25(13-21)31-22-9-11-38-18-22)30(37)28-26(35)14-23(34)15-27(28)39-17-19-6-4-3-5-7-19/h19-28,31,34-35H,3-18H2,1-2H3/t20?,21?,22-,23?,24?,25?,26?,27?,28?/m0/s1. The van der Waals surface area contributed by atoms with Gasteiger partial charge in [-0.25, -0.2) is 0 Å². The molecular weight excluding hydrogens is 498 g/mol. The first-order valence-electron chi connectivity index (χ1n) is 15.6. The van der Waals surface area contributed by atoms with Gasteiger partial charge in [-0.1, -0.05) is 19.3 Å². The zero-order valence-electron chi connectivity index (χ0n) is 24.0. The van der Waals surface area contributed by atoms with Crippen LogP contribution in [0.4, 0.5) is 0 Å². The Labute approximate surface area is 234 Å². The number of hydrogen-bond donors (Lipinski definition) is 3. The van der Waals surface area contributed by atoms with Gasteiger partial charge in [0, 0.05) is 71.2 Å². The van der Waals surface area contributed by atoms with Gasteiger partial charge in [-0.3, -0.25) is 9.59 Å². The van der Waals surface area contributed by atoms with Crippen molar-refractivity contribution in [2.75, 3.05) is 47.0 Å². The molecule has 5 aliphatic rings. The van der Waals surface area contributed by atoms with E-state index < -0.39 is 24.2 Å². The van der Waals surface area contributed by atoms with Gasteiger partial charge in [0.1, 0.15) is 0 Å². The second-order valence-corrected chi connectivity index (χ2v) is 13.3. The minimum Gasteiger partial charge on any atom is -0.393 e. The highest BCUT2D eigenvalue weighted by Crippen LogP contribution is 2.41. The molecule has 8 unspecified atom stereocenters. The fourth-order valence-corrected chi connectivity index (χ4v) is 8.15. The highest BCUT2D eigenvalue weighted by molar-refractivity contribution is 5.80. The fraction of sp³-hybridized carbons (Fsp3) is 0.933. The maximum atomic E-state index is 14.0. The molecule has 5 rings (SSSR count). The van der Waals surface area contributed by atoms with Gasteiger partial charge in [-0.15, -0.1) is 0 Å². The molecule has 0 aromatic heterocycles. The molecule has 3 aliphatic carbocycles. The molecule has 9 nitrogen and oxygen atoms in total. The van der Waals surface area contributed by atoms with Crippen LogP contribution >= 0.6 is 0 Å². The maximum absolute atomic E-state index is 14.0. The van der Waals surface area contributed by atoms with Crippen molar-refractivity contribution in [3.8, 4) is 0 Å². The van der Waals surface area contributed by atoms with E-state index >= 15 is 0 Å². The fourth-order valence-electron chi connectivity index (χ4n) is 8.15. The lowest BCUT2D eigenvalue weighted by atomic mass is 9.67. The summed E-state index contributed by atoms with van der Waals surface area (Å²) in [4.78, 5) is 30.6. The zero-order valence-corrected chi connectivity index (χ0v) is 24.0. The average molecular weight is 550 g/mol. The van der Waals surface area contributed by atoms with Gasteiger partial charge in [-0.2, -0.15) is 0 Å². The first-order valence-corrected chi connectivity index (χ1v) is 15.6. The molecule has 0 bridgehead atoms. The van der Waals surface area contributed by atoms with Crippen LogP contribution in [0, 0.1) is 29.6 Å². The lowest BCUT2D eigenvalue weighted by Crippen LogP contribution is -2.60. The summed E-state index contributed by atoms with van der Waals surface area (Å²) in [6.45, 7) is 3.34. The number of likely N-dealkylation sites (tertiary alicyclic amines) is 1. The molecule has 3 saturated carbocycles. The number of hydrogen-bond acceptors (Lipinski definition) is 7. The zero-order chi connectivity index (χ0) is 27.5. The first-order chi connectivity index (χ1) is 18.8. The van der Waals surface area contributed by atoms with Crippen molar-refractivity contribution in [2.45, 2.75) is 101 Å². The molecule has 2 saturated heterocycles. The Kier molecular flexibility index (Phi) is 9.86. The normalized spacial score (nSPS) is 39.8. The van der Waals surface area contributed by atoms with E-state index in [0.29, 0.717) is 44.6 Å². The van der Waals surface area contributed by atoms with Gasteiger partial charge in [0.15, 0.2) is 0 Å². The Balaban J connectivity index is 1.27. The van der Waals surface area contributed by atoms with Gasteiger partial charge in [0.05, 0.1) is 30.8 Å². The molecule has 9 atom stereocenters. The molecule has 3 N–H and O–H groups in total. The number of carbonyl (C=O) groups excluding carboxylic acids is 2. The average Bonchev–Trinajstić information content (AvgIpc) is 3.44. The van der Waals surface area contributed by atoms with Crippen LogP contribution in [0.15, 0.2) is 0 Å². The van der Waals surface area contributed by atoms with Gasteiger partial charge in [0.2, 0.25) is 11.8 Å². The maximum Gasteiger partial charge on any atom is 0.230 e. The number of aliphatic hydroxyl groups is 2. The molecular formula is C30H51N3O6. The predicted octanol–water partition coefficient (Wildman–Crippen LogP) is 1.79. The summed E-state index contributed by atoms with van der Waals surface area (Å²) in [5.74, 6) is 0.694. The quantitative estimate of drug-likeness (QED) is 0.444. The number of aliphatic hydroxyl groups excluding tert-OH is 2. The van der Waals surface area contributed by atoms with Crippen molar-refractivity contribution in [3.05, 3.63) is 0 Å². The number of fused-ring (bicyclic) bond motifs is 1. The Morgan fingerprint density at radius 3 is 2.54 bits per heavy atom. The van der Waals surface area contributed by atoms with Crippen LogP contribution in [-0.4, -0.2) is 109 Å². The van der Waals surface area contributed by atoms with E-state index in [0.717, 1.165) is 45.1 Å². The molecule has 9 heteroatoms. The highest BCUT2D eigenvalue weighted by Gasteiger charge is 2.48. The molecule has 39 heavy (non-hydrogen) atoms. The molecule has 0 aromatic carbocycles. The Bertz CT molecular complexity index is 830. The second-order valence-electron chi connectivity index (χ2n) is 13.3. The largest absolute Gasteiger partial charge is 0.393 e. The van der Waals surface area contributed by atoms with E-state index in [9.17, 15) is 19.8 Å². The smallest absolute Gasteiger partial charge is 0.230 e. The van der Waals surface area contributed by atoms with Crippen LogP contribution in [0.1, 0.15) is 70.6 Å². The topological polar surface area (TPSA) is 112 Å². The summed E-state index contributed by atoms with van der Waals surface area (Å²) in [6, 6.07) is 0.436. The van der Waals surface area contributed by atoms with Gasteiger partial charge in [0.25, 0.3) is 0 Å². The van der Waals surface area contributed by atoms with E-state index in [1.54, 1.807) is 4.90 Å².